The Bertz CT molecular complexity index is 312. The summed E-state index contributed by atoms with van der Waals surface area (Å²) in [7, 11) is 1.60. The minimum Gasteiger partial charge on any atom is -0.496 e. The molecule has 0 radical (unpaired) electrons. The van der Waals surface area contributed by atoms with Crippen LogP contribution in [0, 0.1) is 12.3 Å². The molecular formula is C10H9ClO. The summed E-state index contributed by atoms with van der Waals surface area (Å²) in [6.07, 6.45) is 5.69. The molecule has 0 spiro atoms. The van der Waals surface area contributed by atoms with Crippen molar-refractivity contribution in [3.8, 4) is 18.1 Å². The lowest BCUT2D eigenvalue weighted by Gasteiger charge is -2.06. The minimum absolute atomic E-state index is 0.503. The molecule has 12 heavy (non-hydrogen) atoms. The number of ether oxygens (including phenoxy) is 1. The Kier molecular flexibility index (Phi) is 3.01. The summed E-state index contributed by atoms with van der Waals surface area (Å²) in [6.45, 7) is 0. The van der Waals surface area contributed by atoms with Crippen LogP contribution in [0.1, 0.15) is 5.56 Å². The highest BCUT2D eigenvalue weighted by atomic mass is 35.5. The van der Waals surface area contributed by atoms with Crippen molar-refractivity contribution in [1.82, 2.24) is 0 Å². The van der Waals surface area contributed by atoms with Crippen LogP contribution in [0.3, 0.4) is 0 Å². The van der Waals surface area contributed by atoms with Crippen molar-refractivity contribution in [2.75, 3.05) is 7.11 Å². The van der Waals surface area contributed by atoms with Gasteiger partial charge in [-0.25, -0.2) is 0 Å². The van der Waals surface area contributed by atoms with Gasteiger partial charge in [-0.1, -0.05) is 17.7 Å². The highest BCUT2D eigenvalue weighted by Gasteiger charge is 2.04. The van der Waals surface area contributed by atoms with E-state index in [1.54, 1.807) is 13.2 Å². The topological polar surface area (TPSA) is 9.23 Å². The van der Waals surface area contributed by atoms with Gasteiger partial charge in [-0.2, -0.15) is 0 Å². The smallest absolute Gasteiger partial charge is 0.124 e. The molecule has 0 N–H and O–H groups in total. The minimum atomic E-state index is 0.503. The van der Waals surface area contributed by atoms with Crippen LogP contribution in [-0.4, -0.2) is 7.11 Å². The Balaban J connectivity index is 3.12. The summed E-state index contributed by atoms with van der Waals surface area (Å²) in [5, 5.41) is 0.660. The van der Waals surface area contributed by atoms with E-state index < -0.39 is 0 Å². The fourth-order valence-electron chi connectivity index (χ4n) is 1.00. The Morgan fingerprint density at radius 3 is 2.92 bits per heavy atom. The molecule has 0 bridgehead atoms. The van der Waals surface area contributed by atoms with Gasteiger partial charge in [0.1, 0.15) is 5.75 Å². The number of terminal acetylenes is 1. The van der Waals surface area contributed by atoms with Crippen molar-refractivity contribution < 1.29 is 4.74 Å². The lowest BCUT2D eigenvalue weighted by Crippen LogP contribution is -1.91. The van der Waals surface area contributed by atoms with Gasteiger partial charge in [-0.3, -0.25) is 0 Å². The van der Waals surface area contributed by atoms with Crippen LogP contribution in [0.5, 0.6) is 5.75 Å². The van der Waals surface area contributed by atoms with E-state index in [0.717, 1.165) is 11.3 Å². The molecule has 0 atom stereocenters. The first-order valence-corrected chi connectivity index (χ1v) is 3.92. The molecule has 0 aliphatic carbocycles. The van der Waals surface area contributed by atoms with E-state index in [4.69, 9.17) is 22.8 Å². The van der Waals surface area contributed by atoms with E-state index in [-0.39, 0.29) is 0 Å². The molecule has 0 saturated carbocycles. The fraction of sp³-hybridized carbons (Fsp3) is 0.200. The maximum Gasteiger partial charge on any atom is 0.124 e. The van der Waals surface area contributed by atoms with Gasteiger partial charge < -0.3 is 4.74 Å². The molecule has 1 aromatic rings. The fourth-order valence-corrected chi connectivity index (χ4v) is 1.24. The quantitative estimate of drug-likeness (QED) is 0.636. The Morgan fingerprint density at radius 2 is 2.33 bits per heavy atom. The van der Waals surface area contributed by atoms with Gasteiger partial charge >= 0.3 is 0 Å². The van der Waals surface area contributed by atoms with Crippen molar-refractivity contribution in [3.63, 3.8) is 0 Å². The second-order valence-electron chi connectivity index (χ2n) is 2.30. The van der Waals surface area contributed by atoms with E-state index in [1.807, 2.05) is 12.1 Å². The molecule has 1 nitrogen and oxygen atoms in total. The zero-order chi connectivity index (χ0) is 8.97. The number of hydrogen-bond donors (Lipinski definition) is 0. The summed E-state index contributed by atoms with van der Waals surface area (Å²) < 4.78 is 5.10. The number of hydrogen-bond acceptors (Lipinski definition) is 1. The third-order valence-electron chi connectivity index (χ3n) is 1.57. The third-order valence-corrected chi connectivity index (χ3v) is 1.93. The van der Waals surface area contributed by atoms with E-state index in [2.05, 4.69) is 5.92 Å². The van der Waals surface area contributed by atoms with E-state index in [9.17, 15) is 0 Å². The molecular weight excluding hydrogens is 172 g/mol. The van der Waals surface area contributed by atoms with Crippen molar-refractivity contribution >= 4 is 11.6 Å². The van der Waals surface area contributed by atoms with Crippen LogP contribution in [-0.2, 0) is 6.42 Å². The second-order valence-corrected chi connectivity index (χ2v) is 2.71. The first kappa shape index (κ1) is 8.96. The molecule has 1 aromatic carbocycles. The molecule has 0 heterocycles. The molecule has 0 aromatic heterocycles. The van der Waals surface area contributed by atoms with E-state index >= 15 is 0 Å². The summed E-state index contributed by atoms with van der Waals surface area (Å²) in [6, 6.07) is 5.48. The Morgan fingerprint density at radius 1 is 1.58 bits per heavy atom. The molecule has 0 aliphatic rings. The molecule has 0 fully saturated rings. The SMILES string of the molecule is C#CCc1c(Cl)cccc1OC. The molecule has 62 valence electrons. The Hall–Kier alpha value is -1.13. The van der Waals surface area contributed by atoms with Crippen LogP contribution >= 0.6 is 11.6 Å². The molecule has 0 saturated heterocycles. The first-order chi connectivity index (χ1) is 5.79. The van der Waals surface area contributed by atoms with Crippen LogP contribution in [0.2, 0.25) is 5.02 Å². The molecule has 1 rings (SSSR count). The van der Waals surface area contributed by atoms with Crippen LogP contribution in [0.25, 0.3) is 0 Å². The molecule has 0 unspecified atom stereocenters. The maximum absolute atomic E-state index is 5.91. The number of rotatable bonds is 2. The van der Waals surface area contributed by atoms with E-state index in [0.29, 0.717) is 11.4 Å². The van der Waals surface area contributed by atoms with Crippen molar-refractivity contribution in [3.05, 3.63) is 28.8 Å². The number of methoxy groups -OCH3 is 1. The van der Waals surface area contributed by atoms with Gasteiger partial charge in [-0.15, -0.1) is 12.3 Å². The molecule has 0 aliphatic heterocycles. The van der Waals surface area contributed by atoms with Crippen molar-refractivity contribution in [2.24, 2.45) is 0 Å². The largest absolute Gasteiger partial charge is 0.496 e. The van der Waals surface area contributed by atoms with Gasteiger partial charge in [0.2, 0.25) is 0 Å². The Labute approximate surface area is 77.3 Å². The van der Waals surface area contributed by atoms with Crippen LogP contribution in [0.15, 0.2) is 18.2 Å². The van der Waals surface area contributed by atoms with Gasteiger partial charge in [0.25, 0.3) is 0 Å². The average molecular weight is 181 g/mol. The normalized spacial score (nSPS) is 9.08. The predicted molar refractivity (Wildman–Crippen MR) is 50.5 cm³/mol. The molecule has 2 heteroatoms. The highest BCUT2D eigenvalue weighted by Crippen LogP contribution is 2.26. The van der Waals surface area contributed by atoms with Crippen molar-refractivity contribution in [2.45, 2.75) is 6.42 Å². The zero-order valence-corrected chi connectivity index (χ0v) is 7.56. The highest BCUT2D eigenvalue weighted by molar-refractivity contribution is 6.31. The predicted octanol–water partition coefficient (Wildman–Crippen LogP) is 2.52. The van der Waals surface area contributed by atoms with Gasteiger partial charge in [0.15, 0.2) is 0 Å². The van der Waals surface area contributed by atoms with Crippen LogP contribution in [0.4, 0.5) is 0 Å². The van der Waals surface area contributed by atoms with Crippen LogP contribution < -0.4 is 4.74 Å². The second kappa shape index (κ2) is 4.04. The maximum atomic E-state index is 5.91. The first-order valence-electron chi connectivity index (χ1n) is 3.54. The van der Waals surface area contributed by atoms with Crippen molar-refractivity contribution in [1.29, 1.82) is 0 Å². The van der Waals surface area contributed by atoms with Gasteiger partial charge in [-0.05, 0) is 12.1 Å². The lowest BCUT2D eigenvalue weighted by molar-refractivity contribution is 0.411. The summed E-state index contributed by atoms with van der Waals surface area (Å²) in [5.74, 6) is 3.29. The lowest BCUT2D eigenvalue weighted by atomic mass is 10.1. The van der Waals surface area contributed by atoms with Gasteiger partial charge in [0.05, 0.1) is 7.11 Å². The summed E-state index contributed by atoms with van der Waals surface area (Å²) in [4.78, 5) is 0. The van der Waals surface area contributed by atoms with E-state index in [1.165, 1.54) is 0 Å². The monoisotopic (exact) mass is 180 g/mol. The third kappa shape index (κ3) is 1.72. The van der Waals surface area contributed by atoms with Gasteiger partial charge in [0, 0.05) is 17.0 Å². The number of halogens is 1. The molecule has 0 amide bonds. The summed E-state index contributed by atoms with van der Waals surface area (Å²) in [5.41, 5.74) is 0.879. The summed E-state index contributed by atoms with van der Waals surface area (Å²) >= 11 is 5.91. The standard InChI is InChI=1S/C10H9ClO/c1-3-5-8-9(11)6-4-7-10(8)12-2/h1,4,6-7H,5H2,2H3. The average Bonchev–Trinajstić information content (AvgIpc) is 2.09. The zero-order valence-electron chi connectivity index (χ0n) is 6.80. The number of benzene rings is 1.